The second kappa shape index (κ2) is 6.27. The molecule has 1 aromatic rings. The number of nitrogens with zero attached hydrogens (tertiary/aromatic N) is 1. The van der Waals surface area contributed by atoms with Crippen molar-refractivity contribution >= 4 is 21.8 Å². The molecule has 2 N–H and O–H groups in total. The van der Waals surface area contributed by atoms with Gasteiger partial charge in [-0.25, -0.2) is 13.6 Å². The van der Waals surface area contributed by atoms with Gasteiger partial charge in [0.05, 0.1) is 16.7 Å². The first-order valence-electron chi connectivity index (χ1n) is 9.34. The number of amides is 2. The van der Waals surface area contributed by atoms with Crippen molar-refractivity contribution in [2.45, 2.75) is 38.0 Å². The monoisotopic (exact) mass is 388 g/mol. The molecule has 27 heavy (non-hydrogen) atoms. The molecule has 2 aliphatic carbocycles. The molecule has 0 spiro atoms. The largest absolute Gasteiger partial charge is 0.282 e. The van der Waals surface area contributed by atoms with Crippen LogP contribution in [0.1, 0.15) is 32.3 Å². The lowest BCUT2D eigenvalue weighted by molar-refractivity contribution is -0.140. The number of benzene rings is 1. The van der Waals surface area contributed by atoms with E-state index in [1.54, 1.807) is 12.1 Å². The van der Waals surface area contributed by atoms with Gasteiger partial charge in [-0.1, -0.05) is 23.3 Å². The quantitative estimate of drug-likeness (QED) is 0.629. The lowest BCUT2D eigenvalue weighted by Crippen LogP contribution is -2.35. The molecular weight excluding hydrogens is 364 g/mol. The molecule has 6 nitrogen and oxygen atoms in total. The van der Waals surface area contributed by atoms with E-state index in [9.17, 15) is 18.0 Å². The summed E-state index contributed by atoms with van der Waals surface area (Å²) in [6.45, 7) is 4.50. The number of carbonyl (C=O) groups excluding carboxylic acids is 2. The zero-order valence-corrected chi connectivity index (χ0v) is 16.3. The van der Waals surface area contributed by atoms with Gasteiger partial charge in [0.25, 0.3) is 0 Å². The van der Waals surface area contributed by atoms with Gasteiger partial charge in [-0.2, -0.15) is 0 Å². The van der Waals surface area contributed by atoms with Crippen molar-refractivity contribution in [3.05, 3.63) is 41.0 Å². The van der Waals surface area contributed by atoms with Crippen LogP contribution in [0.15, 0.2) is 40.3 Å². The summed E-state index contributed by atoms with van der Waals surface area (Å²) in [6.07, 6.45) is 2.52. The zero-order valence-electron chi connectivity index (χ0n) is 15.5. The first-order valence-corrected chi connectivity index (χ1v) is 10.9. The Morgan fingerprint density at radius 3 is 2.00 bits per heavy atom. The topological polar surface area (TPSA) is 97.5 Å². The Morgan fingerprint density at radius 2 is 1.56 bits per heavy atom. The number of hydrogen-bond acceptors (Lipinski definition) is 4. The third kappa shape index (κ3) is 2.84. The van der Waals surface area contributed by atoms with E-state index in [-0.39, 0.29) is 40.4 Å². The number of allylic oxidation sites excluding steroid dienone is 2. The van der Waals surface area contributed by atoms with E-state index in [0.29, 0.717) is 13.0 Å². The molecule has 0 radical (unpaired) electrons. The molecule has 1 heterocycles. The van der Waals surface area contributed by atoms with Crippen molar-refractivity contribution in [1.29, 1.82) is 0 Å². The fraction of sp³-hybridized carbons (Fsp3) is 0.500. The van der Waals surface area contributed by atoms with Gasteiger partial charge in [0.2, 0.25) is 21.8 Å². The second-order valence-corrected chi connectivity index (χ2v) is 9.63. The predicted octanol–water partition coefficient (Wildman–Crippen LogP) is 1.85. The molecule has 4 atom stereocenters. The number of rotatable bonds is 4. The normalized spacial score (nSPS) is 29.6. The third-order valence-corrected chi connectivity index (χ3v) is 7.33. The molecule has 2 bridgehead atoms. The highest BCUT2D eigenvalue weighted by atomic mass is 32.2. The van der Waals surface area contributed by atoms with E-state index in [2.05, 4.69) is 13.8 Å². The summed E-state index contributed by atoms with van der Waals surface area (Å²) >= 11 is 0. The highest BCUT2D eigenvalue weighted by molar-refractivity contribution is 7.89. The summed E-state index contributed by atoms with van der Waals surface area (Å²) in [7, 11) is -3.72. The standard InChI is InChI=1S/C20H24N2O4S/c1-11(2)16-14-7-8-15(16)18-17(14)19(23)22(20(18)24)10-9-12-3-5-13(6-4-12)27(21,25)26/h3-6,14-15,17-18H,7-10H2,1-2H3,(H2,21,25,26)/t14-,15-,17+,18+/m1/s1. The average Bonchev–Trinajstić information content (AvgIpc) is 3.23. The lowest BCUT2D eigenvalue weighted by atomic mass is 9.81. The van der Waals surface area contributed by atoms with Crippen molar-refractivity contribution in [1.82, 2.24) is 4.90 Å². The van der Waals surface area contributed by atoms with E-state index in [0.717, 1.165) is 18.4 Å². The van der Waals surface area contributed by atoms with Crippen LogP contribution >= 0.6 is 0 Å². The Balaban J connectivity index is 1.49. The minimum absolute atomic E-state index is 0.0305. The number of hydrogen-bond donors (Lipinski definition) is 1. The minimum atomic E-state index is -3.72. The molecule has 144 valence electrons. The van der Waals surface area contributed by atoms with Crippen LogP contribution in [0.4, 0.5) is 0 Å². The molecule has 1 saturated heterocycles. The van der Waals surface area contributed by atoms with Gasteiger partial charge in [-0.3, -0.25) is 14.5 Å². The number of carbonyl (C=O) groups is 2. The molecule has 2 saturated carbocycles. The van der Waals surface area contributed by atoms with Crippen LogP contribution in [0.5, 0.6) is 0 Å². The highest BCUT2D eigenvalue weighted by Crippen LogP contribution is 2.60. The summed E-state index contributed by atoms with van der Waals surface area (Å²) in [6, 6.07) is 6.26. The fourth-order valence-electron chi connectivity index (χ4n) is 5.36. The van der Waals surface area contributed by atoms with Crippen LogP contribution in [-0.4, -0.2) is 31.7 Å². The number of sulfonamides is 1. The van der Waals surface area contributed by atoms with Crippen molar-refractivity contribution < 1.29 is 18.0 Å². The molecule has 0 unspecified atom stereocenters. The summed E-state index contributed by atoms with van der Waals surface area (Å²) < 4.78 is 22.7. The molecule has 3 fully saturated rings. The average molecular weight is 388 g/mol. The van der Waals surface area contributed by atoms with Gasteiger partial charge in [0.15, 0.2) is 0 Å². The van der Waals surface area contributed by atoms with Crippen LogP contribution in [0.2, 0.25) is 0 Å². The summed E-state index contributed by atoms with van der Waals surface area (Å²) in [5.41, 5.74) is 3.48. The second-order valence-electron chi connectivity index (χ2n) is 8.06. The van der Waals surface area contributed by atoms with Crippen LogP contribution in [-0.2, 0) is 26.0 Å². The summed E-state index contributed by atoms with van der Waals surface area (Å²) in [5, 5.41) is 5.10. The van der Waals surface area contributed by atoms with Crippen molar-refractivity contribution in [3.63, 3.8) is 0 Å². The Morgan fingerprint density at radius 1 is 1.04 bits per heavy atom. The van der Waals surface area contributed by atoms with Gasteiger partial charge >= 0.3 is 0 Å². The molecule has 0 aromatic heterocycles. The van der Waals surface area contributed by atoms with E-state index >= 15 is 0 Å². The van der Waals surface area contributed by atoms with Crippen LogP contribution in [0, 0.1) is 23.7 Å². The Labute approximate surface area is 159 Å². The summed E-state index contributed by atoms with van der Waals surface area (Å²) in [5.74, 6) is 0.0621. The Hall–Kier alpha value is -1.99. The van der Waals surface area contributed by atoms with Gasteiger partial charge < -0.3 is 0 Å². The molecule has 7 heteroatoms. The Bertz CT molecular complexity index is 913. The van der Waals surface area contributed by atoms with E-state index < -0.39 is 10.0 Å². The maximum atomic E-state index is 12.9. The molecule has 3 aliphatic rings. The first-order chi connectivity index (χ1) is 12.7. The number of primary sulfonamides is 1. The maximum Gasteiger partial charge on any atom is 0.238 e. The lowest BCUT2D eigenvalue weighted by Gasteiger charge is -2.19. The maximum absolute atomic E-state index is 12.9. The molecule has 1 aromatic carbocycles. The minimum Gasteiger partial charge on any atom is -0.282 e. The van der Waals surface area contributed by atoms with Crippen molar-refractivity contribution in [3.8, 4) is 0 Å². The smallest absolute Gasteiger partial charge is 0.238 e. The van der Waals surface area contributed by atoms with Crippen LogP contribution in [0.25, 0.3) is 0 Å². The molecule has 1 aliphatic heterocycles. The van der Waals surface area contributed by atoms with Gasteiger partial charge in [0.1, 0.15) is 0 Å². The predicted molar refractivity (Wildman–Crippen MR) is 99.8 cm³/mol. The van der Waals surface area contributed by atoms with Gasteiger partial charge in [-0.05, 0) is 62.6 Å². The van der Waals surface area contributed by atoms with Crippen molar-refractivity contribution in [2.24, 2.45) is 28.8 Å². The summed E-state index contributed by atoms with van der Waals surface area (Å²) in [4.78, 5) is 27.4. The van der Waals surface area contributed by atoms with Crippen molar-refractivity contribution in [2.75, 3.05) is 6.54 Å². The number of nitrogens with two attached hydrogens (primary N) is 1. The molecule has 4 rings (SSSR count). The SMILES string of the molecule is CC(C)=C1[C@H]2CC[C@H]1[C@@H]1C(=O)N(CCc3ccc(S(N)(=O)=O)cc3)C(=O)[C@H]12. The van der Waals surface area contributed by atoms with Crippen LogP contribution < -0.4 is 5.14 Å². The van der Waals surface area contributed by atoms with Gasteiger partial charge in [-0.15, -0.1) is 0 Å². The number of imide groups is 1. The zero-order chi connectivity index (χ0) is 19.5. The number of likely N-dealkylation sites (tertiary alicyclic amines) is 1. The Kier molecular flexibility index (Phi) is 4.27. The van der Waals surface area contributed by atoms with Gasteiger partial charge in [0, 0.05) is 6.54 Å². The van der Waals surface area contributed by atoms with E-state index in [1.165, 1.54) is 28.2 Å². The third-order valence-electron chi connectivity index (χ3n) is 6.40. The fourth-order valence-corrected chi connectivity index (χ4v) is 5.88. The highest BCUT2D eigenvalue weighted by Gasteiger charge is 2.63. The van der Waals surface area contributed by atoms with E-state index in [1.807, 2.05) is 0 Å². The molecule has 2 amide bonds. The first kappa shape index (κ1) is 18.4. The van der Waals surface area contributed by atoms with Crippen LogP contribution in [0.3, 0.4) is 0 Å². The molecular formula is C20H24N2O4S. The number of fused-ring (bicyclic) bond motifs is 5. The van der Waals surface area contributed by atoms with E-state index in [4.69, 9.17) is 5.14 Å².